The second-order valence-electron chi connectivity index (χ2n) is 3.72. The molecular weight excluding hydrogens is 255 g/mol. The number of benzene rings is 2. The van der Waals surface area contributed by atoms with E-state index in [4.69, 9.17) is 15.8 Å². The highest BCUT2D eigenvalue weighted by molar-refractivity contribution is 7.91. The predicted molar refractivity (Wildman–Crippen MR) is 71.3 cm³/mol. The van der Waals surface area contributed by atoms with Crippen molar-refractivity contribution < 1.29 is 9.09 Å². The first-order valence-corrected chi connectivity index (χ1v) is 7.72. The number of halogens is 1. The second-order valence-corrected chi connectivity index (χ2v) is 6.71. The van der Waals surface area contributed by atoms with Crippen molar-refractivity contribution >= 4 is 23.3 Å². The summed E-state index contributed by atoms with van der Waals surface area (Å²) in [5, 5.41) is 0.502. The minimum atomic E-state index is -3.31. The third kappa shape index (κ3) is 3.12. The summed E-state index contributed by atoms with van der Waals surface area (Å²) in [4.78, 5) is 0. The smallest absolute Gasteiger partial charge is 0.366 e. The van der Waals surface area contributed by atoms with E-state index in [-0.39, 0.29) is 0 Å². The quantitative estimate of drug-likeness (QED) is 0.781. The lowest BCUT2D eigenvalue weighted by Gasteiger charge is -2.12. The lowest BCUT2D eigenvalue weighted by Crippen LogP contribution is -2.04. The standard InChI is InChI=1S/C13H12ClO2P/c1-11-7-9-12(10-8-11)16-17(14,15)13-5-3-2-4-6-13/h2-10H,1H3. The Balaban J connectivity index is 2.23. The molecule has 0 aliphatic rings. The van der Waals surface area contributed by atoms with Gasteiger partial charge in [-0.05, 0) is 42.4 Å². The number of rotatable bonds is 3. The van der Waals surface area contributed by atoms with Gasteiger partial charge in [-0.3, -0.25) is 4.57 Å². The van der Waals surface area contributed by atoms with E-state index in [1.165, 1.54) is 0 Å². The first-order valence-electron chi connectivity index (χ1n) is 5.19. The van der Waals surface area contributed by atoms with Crippen molar-refractivity contribution in [1.82, 2.24) is 0 Å². The molecule has 0 aromatic heterocycles. The van der Waals surface area contributed by atoms with E-state index in [1.54, 1.807) is 36.4 Å². The van der Waals surface area contributed by atoms with E-state index >= 15 is 0 Å². The Morgan fingerprint density at radius 1 is 1.00 bits per heavy atom. The first-order chi connectivity index (χ1) is 8.08. The summed E-state index contributed by atoms with van der Waals surface area (Å²) in [6, 6.07) is 16.1. The van der Waals surface area contributed by atoms with Crippen molar-refractivity contribution in [3.8, 4) is 5.75 Å². The van der Waals surface area contributed by atoms with Crippen LogP contribution in [0.2, 0.25) is 0 Å². The maximum atomic E-state index is 12.2. The summed E-state index contributed by atoms with van der Waals surface area (Å²) in [7, 11) is 0. The molecule has 17 heavy (non-hydrogen) atoms. The average Bonchev–Trinajstić information content (AvgIpc) is 2.33. The van der Waals surface area contributed by atoms with Crippen LogP contribution in [0, 0.1) is 6.92 Å². The van der Waals surface area contributed by atoms with Crippen molar-refractivity contribution in [1.29, 1.82) is 0 Å². The maximum Gasteiger partial charge on any atom is 0.366 e. The van der Waals surface area contributed by atoms with Crippen molar-refractivity contribution in [3.63, 3.8) is 0 Å². The van der Waals surface area contributed by atoms with Crippen LogP contribution in [0.3, 0.4) is 0 Å². The molecule has 88 valence electrons. The molecular formula is C13H12ClO2P. The van der Waals surface area contributed by atoms with Crippen LogP contribution in [0.4, 0.5) is 0 Å². The molecule has 0 radical (unpaired) electrons. The molecule has 0 spiro atoms. The lowest BCUT2D eigenvalue weighted by molar-refractivity contribution is 0.508. The Kier molecular flexibility index (Phi) is 3.56. The van der Waals surface area contributed by atoms with E-state index in [2.05, 4.69) is 0 Å². The van der Waals surface area contributed by atoms with E-state index in [1.807, 2.05) is 25.1 Å². The van der Waals surface area contributed by atoms with Crippen LogP contribution in [-0.4, -0.2) is 0 Å². The highest BCUT2D eigenvalue weighted by Crippen LogP contribution is 2.50. The molecule has 0 N–H and O–H groups in total. The fourth-order valence-electron chi connectivity index (χ4n) is 1.39. The van der Waals surface area contributed by atoms with Gasteiger partial charge in [0.15, 0.2) is 0 Å². The Morgan fingerprint density at radius 2 is 1.59 bits per heavy atom. The third-order valence-corrected chi connectivity index (χ3v) is 4.46. The van der Waals surface area contributed by atoms with Gasteiger partial charge >= 0.3 is 6.72 Å². The molecule has 0 saturated heterocycles. The summed E-state index contributed by atoms with van der Waals surface area (Å²) in [5.74, 6) is 0.512. The van der Waals surface area contributed by atoms with Gasteiger partial charge in [0.2, 0.25) is 0 Å². The molecule has 1 unspecified atom stereocenters. The molecule has 0 amide bonds. The molecule has 4 heteroatoms. The molecule has 1 atom stereocenters. The summed E-state index contributed by atoms with van der Waals surface area (Å²) in [6.45, 7) is -1.34. The Hall–Kier alpha value is -1.24. The van der Waals surface area contributed by atoms with Crippen LogP contribution in [0.5, 0.6) is 5.75 Å². The molecule has 0 aliphatic heterocycles. The molecule has 0 bridgehead atoms. The van der Waals surface area contributed by atoms with Gasteiger partial charge in [0.1, 0.15) is 5.75 Å². The van der Waals surface area contributed by atoms with Gasteiger partial charge in [0, 0.05) is 0 Å². The molecule has 0 heterocycles. The molecule has 0 saturated carbocycles. The predicted octanol–water partition coefficient (Wildman–Crippen LogP) is 4.13. The van der Waals surface area contributed by atoms with Gasteiger partial charge in [-0.1, -0.05) is 35.9 Å². The zero-order valence-electron chi connectivity index (χ0n) is 9.34. The summed E-state index contributed by atoms with van der Waals surface area (Å²) < 4.78 is 17.6. The van der Waals surface area contributed by atoms with Crippen molar-refractivity contribution in [2.45, 2.75) is 6.92 Å². The van der Waals surface area contributed by atoms with Crippen molar-refractivity contribution in [2.24, 2.45) is 0 Å². The highest BCUT2D eigenvalue weighted by Gasteiger charge is 2.23. The van der Waals surface area contributed by atoms with E-state index in [0.29, 0.717) is 11.1 Å². The van der Waals surface area contributed by atoms with Gasteiger partial charge in [-0.2, -0.15) is 0 Å². The summed E-state index contributed by atoms with van der Waals surface area (Å²) in [6.07, 6.45) is 0. The van der Waals surface area contributed by atoms with Crippen LogP contribution in [0.25, 0.3) is 0 Å². The van der Waals surface area contributed by atoms with Crippen LogP contribution < -0.4 is 9.83 Å². The zero-order valence-corrected chi connectivity index (χ0v) is 11.0. The monoisotopic (exact) mass is 266 g/mol. The zero-order chi connectivity index (χ0) is 12.3. The largest absolute Gasteiger partial charge is 0.430 e. The summed E-state index contributed by atoms with van der Waals surface area (Å²) >= 11 is 5.97. The van der Waals surface area contributed by atoms with E-state index in [0.717, 1.165) is 5.56 Å². The number of hydrogen-bond donors (Lipinski definition) is 0. The number of aryl methyl sites for hydroxylation is 1. The first kappa shape index (κ1) is 12.2. The maximum absolute atomic E-state index is 12.2. The molecule has 0 aliphatic carbocycles. The second kappa shape index (κ2) is 4.95. The van der Waals surface area contributed by atoms with Gasteiger partial charge in [0.25, 0.3) is 0 Å². The average molecular weight is 267 g/mol. The third-order valence-electron chi connectivity index (χ3n) is 2.31. The van der Waals surface area contributed by atoms with Gasteiger partial charge in [-0.25, -0.2) is 0 Å². The molecule has 0 fully saturated rings. The Bertz CT molecular complexity index is 537. The van der Waals surface area contributed by atoms with Crippen LogP contribution in [-0.2, 0) is 4.57 Å². The minimum absolute atomic E-state index is 0.502. The SMILES string of the molecule is Cc1ccc(OP(=O)(Cl)c2ccccc2)cc1. The van der Waals surface area contributed by atoms with Crippen LogP contribution in [0.15, 0.2) is 54.6 Å². The van der Waals surface area contributed by atoms with Gasteiger partial charge < -0.3 is 4.52 Å². The molecule has 2 nitrogen and oxygen atoms in total. The van der Waals surface area contributed by atoms with E-state index in [9.17, 15) is 4.57 Å². The van der Waals surface area contributed by atoms with Gasteiger partial charge in [-0.15, -0.1) is 0 Å². The summed E-state index contributed by atoms with van der Waals surface area (Å²) in [5.41, 5.74) is 1.11. The molecule has 2 aromatic carbocycles. The Morgan fingerprint density at radius 3 is 2.18 bits per heavy atom. The van der Waals surface area contributed by atoms with Crippen molar-refractivity contribution in [2.75, 3.05) is 0 Å². The van der Waals surface area contributed by atoms with Crippen LogP contribution >= 0.6 is 18.0 Å². The minimum Gasteiger partial charge on any atom is -0.430 e. The van der Waals surface area contributed by atoms with E-state index < -0.39 is 6.72 Å². The topological polar surface area (TPSA) is 26.3 Å². The fraction of sp³-hybridized carbons (Fsp3) is 0.0769. The lowest BCUT2D eigenvalue weighted by atomic mass is 10.2. The van der Waals surface area contributed by atoms with Gasteiger partial charge in [0.05, 0.1) is 5.30 Å². The Labute approximate surface area is 105 Å². The van der Waals surface area contributed by atoms with Crippen LogP contribution in [0.1, 0.15) is 5.56 Å². The fourth-order valence-corrected chi connectivity index (χ4v) is 3.00. The number of hydrogen-bond acceptors (Lipinski definition) is 2. The highest BCUT2D eigenvalue weighted by atomic mass is 35.7. The normalized spacial score (nSPS) is 14.0. The molecule has 2 rings (SSSR count). The van der Waals surface area contributed by atoms with Crippen molar-refractivity contribution in [3.05, 3.63) is 60.2 Å². The molecule has 2 aromatic rings.